The molecule has 0 unspecified atom stereocenters. The summed E-state index contributed by atoms with van der Waals surface area (Å²) in [5.74, 6) is 0. The van der Waals surface area contributed by atoms with Gasteiger partial charge in [-0.05, 0) is 11.1 Å². The van der Waals surface area contributed by atoms with Crippen molar-refractivity contribution in [3.8, 4) is 0 Å². The van der Waals surface area contributed by atoms with Crippen molar-refractivity contribution < 1.29 is 16.5 Å². The smallest absolute Gasteiger partial charge is 0.214 e. The van der Waals surface area contributed by atoms with Gasteiger partial charge in [-0.25, -0.2) is 24.3 Å². The van der Waals surface area contributed by atoms with Gasteiger partial charge in [-0.15, -0.1) is 0 Å². The molecular formula is C24H30NiSi2. The van der Waals surface area contributed by atoms with E-state index in [9.17, 15) is 0 Å². The Kier molecular flexibility index (Phi) is 7.45. The minimum atomic E-state index is -1.27. The normalized spacial score (nSPS) is 16.4. The molecule has 0 aliphatic heterocycles. The van der Waals surface area contributed by atoms with Crippen LogP contribution in [0.2, 0.25) is 37.3 Å². The van der Waals surface area contributed by atoms with E-state index in [2.05, 4.69) is 123 Å². The van der Waals surface area contributed by atoms with Crippen LogP contribution in [0.1, 0.15) is 0 Å². The van der Waals surface area contributed by atoms with E-state index in [0.29, 0.717) is 11.1 Å². The summed E-state index contributed by atoms with van der Waals surface area (Å²) < 4.78 is 0. The third-order valence-electron chi connectivity index (χ3n) is 5.98. The molecule has 2 aromatic rings. The molecule has 0 nitrogen and oxygen atoms in total. The van der Waals surface area contributed by atoms with Gasteiger partial charge in [0, 0.05) is 16.1 Å². The standard InChI is InChI=1S/2C12H15Si.Ni/c2*1-13(2,11-7-3-4-8-11)12-9-5-6-10-12;/h2*3-11H,1-2H3;/q2*-1;+2. The molecular weight excluding hydrogens is 403 g/mol. The Morgan fingerprint density at radius 3 is 1.04 bits per heavy atom. The fourth-order valence-electron chi connectivity index (χ4n) is 3.82. The minimum Gasteiger partial charge on any atom is -0.214 e. The Bertz CT molecular complexity index is 708. The largest absolute Gasteiger partial charge is 2.00 e. The van der Waals surface area contributed by atoms with Gasteiger partial charge in [0.15, 0.2) is 0 Å². The molecule has 4 rings (SSSR count). The summed E-state index contributed by atoms with van der Waals surface area (Å²) in [6.07, 6.45) is 18.0. The molecule has 144 valence electrons. The summed E-state index contributed by atoms with van der Waals surface area (Å²) in [4.78, 5) is 0. The summed E-state index contributed by atoms with van der Waals surface area (Å²) in [6.45, 7) is 9.75. The third-order valence-corrected chi connectivity index (χ3v) is 13.7. The zero-order valence-electron chi connectivity index (χ0n) is 16.7. The van der Waals surface area contributed by atoms with E-state index >= 15 is 0 Å². The van der Waals surface area contributed by atoms with Crippen LogP contribution in [-0.4, -0.2) is 16.1 Å². The molecule has 0 saturated heterocycles. The zero-order chi connectivity index (χ0) is 18.6. The van der Waals surface area contributed by atoms with Crippen LogP contribution in [0.3, 0.4) is 0 Å². The molecule has 0 fully saturated rings. The third kappa shape index (κ3) is 4.90. The molecule has 3 heteroatoms. The monoisotopic (exact) mass is 432 g/mol. The van der Waals surface area contributed by atoms with Crippen LogP contribution < -0.4 is 10.4 Å². The quantitative estimate of drug-likeness (QED) is 0.433. The number of hydrogen-bond acceptors (Lipinski definition) is 0. The zero-order valence-corrected chi connectivity index (χ0v) is 19.7. The fraction of sp³-hybridized carbons (Fsp3) is 0.250. The molecule has 0 amide bonds. The molecule has 2 aliphatic carbocycles. The Morgan fingerprint density at radius 1 is 0.519 bits per heavy atom. The van der Waals surface area contributed by atoms with Crippen LogP contribution in [0.5, 0.6) is 0 Å². The van der Waals surface area contributed by atoms with Crippen molar-refractivity contribution in [2.24, 2.45) is 0 Å². The molecule has 2 aliphatic rings. The maximum atomic E-state index is 2.44. The first-order valence-electron chi connectivity index (χ1n) is 9.57. The summed E-state index contributed by atoms with van der Waals surface area (Å²) in [5, 5.41) is 3.13. The minimum absolute atomic E-state index is 0. The van der Waals surface area contributed by atoms with Crippen LogP contribution >= 0.6 is 0 Å². The summed E-state index contributed by atoms with van der Waals surface area (Å²) in [7, 11) is -2.54. The van der Waals surface area contributed by atoms with Crippen molar-refractivity contribution in [2.75, 3.05) is 0 Å². The van der Waals surface area contributed by atoms with Crippen LogP contribution in [0.4, 0.5) is 0 Å². The van der Waals surface area contributed by atoms with Gasteiger partial charge in [-0.3, -0.25) is 0 Å². The Balaban J connectivity index is 0.000000187. The molecule has 0 saturated carbocycles. The molecule has 0 bridgehead atoms. The van der Waals surface area contributed by atoms with E-state index in [4.69, 9.17) is 0 Å². The Hall–Kier alpha value is -1.41. The SMILES string of the molecule is C[Si](C)([c-]1cccc1)C1C=CC=C1.C[Si](C)([c-]1cccc1)C1C=CC=C1.[Ni+2]. The van der Waals surface area contributed by atoms with Gasteiger partial charge in [-0.1, -0.05) is 74.8 Å². The molecule has 0 spiro atoms. The van der Waals surface area contributed by atoms with Crippen molar-refractivity contribution >= 4 is 26.5 Å². The van der Waals surface area contributed by atoms with E-state index in [-0.39, 0.29) is 16.5 Å². The molecule has 0 aromatic heterocycles. The van der Waals surface area contributed by atoms with Gasteiger partial charge in [0.2, 0.25) is 0 Å². The van der Waals surface area contributed by atoms with E-state index < -0.39 is 16.1 Å². The van der Waals surface area contributed by atoms with Gasteiger partial charge in [0.05, 0.1) is 0 Å². The van der Waals surface area contributed by atoms with Crippen LogP contribution in [0.15, 0.2) is 97.1 Å². The van der Waals surface area contributed by atoms with Gasteiger partial charge >= 0.3 is 16.5 Å². The maximum absolute atomic E-state index is 2.44. The first kappa shape index (κ1) is 21.9. The Labute approximate surface area is 177 Å². The van der Waals surface area contributed by atoms with E-state index in [0.717, 1.165) is 0 Å². The molecule has 27 heavy (non-hydrogen) atoms. The second kappa shape index (κ2) is 9.19. The summed E-state index contributed by atoms with van der Waals surface area (Å²) >= 11 is 0. The number of allylic oxidation sites excluding steroid dienone is 8. The van der Waals surface area contributed by atoms with Gasteiger partial charge in [0.1, 0.15) is 0 Å². The van der Waals surface area contributed by atoms with Crippen LogP contribution in [-0.2, 0) is 16.5 Å². The van der Waals surface area contributed by atoms with Crippen molar-refractivity contribution in [1.29, 1.82) is 0 Å². The molecule has 0 N–H and O–H groups in total. The molecule has 2 aromatic carbocycles. The predicted molar refractivity (Wildman–Crippen MR) is 122 cm³/mol. The van der Waals surface area contributed by atoms with Gasteiger partial charge < -0.3 is 0 Å². The van der Waals surface area contributed by atoms with E-state index in [1.807, 2.05) is 0 Å². The van der Waals surface area contributed by atoms with E-state index in [1.54, 1.807) is 10.4 Å². The summed E-state index contributed by atoms with van der Waals surface area (Å²) in [6, 6.07) is 17.7. The van der Waals surface area contributed by atoms with Crippen LogP contribution in [0.25, 0.3) is 0 Å². The number of hydrogen-bond donors (Lipinski definition) is 0. The van der Waals surface area contributed by atoms with Crippen molar-refractivity contribution in [1.82, 2.24) is 0 Å². The molecule has 0 radical (unpaired) electrons. The summed E-state index contributed by atoms with van der Waals surface area (Å²) in [5.41, 5.74) is 1.38. The first-order valence-corrected chi connectivity index (χ1v) is 15.7. The topological polar surface area (TPSA) is 0 Å². The second-order valence-corrected chi connectivity index (χ2v) is 17.8. The molecule has 0 heterocycles. The number of rotatable bonds is 4. The molecule has 0 atom stereocenters. The van der Waals surface area contributed by atoms with Gasteiger partial charge in [-0.2, -0.15) is 34.6 Å². The van der Waals surface area contributed by atoms with Crippen molar-refractivity contribution in [2.45, 2.75) is 37.3 Å². The average molecular weight is 433 g/mol. The Morgan fingerprint density at radius 2 is 0.778 bits per heavy atom. The second-order valence-electron chi connectivity index (χ2n) is 8.38. The van der Waals surface area contributed by atoms with Crippen molar-refractivity contribution in [3.05, 3.63) is 97.1 Å². The first-order chi connectivity index (χ1) is 12.4. The van der Waals surface area contributed by atoms with E-state index in [1.165, 1.54) is 0 Å². The predicted octanol–water partition coefficient (Wildman–Crippen LogP) is 5.63. The van der Waals surface area contributed by atoms with Crippen molar-refractivity contribution in [3.63, 3.8) is 0 Å². The average Bonchev–Trinajstić information content (AvgIpc) is 3.47. The van der Waals surface area contributed by atoms with Crippen LogP contribution in [0, 0.1) is 0 Å². The fourth-order valence-corrected chi connectivity index (χ4v) is 9.06. The maximum Gasteiger partial charge on any atom is 2.00 e. The van der Waals surface area contributed by atoms with Gasteiger partial charge in [0.25, 0.3) is 0 Å².